The van der Waals surface area contributed by atoms with Crippen LogP contribution in [0.5, 0.6) is 0 Å². The fourth-order valence-electron chi connectivity index (χ4n) is 2.18. The number of amides is 1. The van der Waals surface area contributed by atoms with E-state index in [2.05, 4.69) is 20.8 Å². The third kappa shape index (κ3) is 4.18. The van der Waals surface area contributed by atoms with Crippen LogP contribution in [-0.2, 0) is 6.18 Å². The zero-order chi connectivity index (χ0) is 18.7. The Morgan fingerprint density at radius 3 is 2.58 bits per heavy atom. The van der Waals surface area contributed by atoms with Crippen molar-refractivity contribution in [1.82, 2.24) is 10.1 Å². The number of aryl methyl sites for hydroxylation is 1. The average molecular weight is 362 g/mol. The molecule has 0 aliphatic carbocycles. The van der Waals surface area contributed by atoms with E-state index in [9.17, 15) is 18.0 Å². The first-order valence-electron chi connectivity index (χ1n) is 7.46. The van der Waals surface area contributed by atoms with Crippen LogP contribution in [-0.4, -0.2) is 16.0 Å². The van der Waals surface area contributed by atoms with E-state index in [1.165, 1.54) is 30.5 Å². The monoisotopic (exact) mass is 362 g/mol. The van der Waals surface area contributed by atoms with Crippen molar-refractivity contribution in [1.29, 1.82) is 0 Å². The van der Waals surface area contributed by atoms with E-state index >= 15 is 0 Å². The van der Waals surface area contributed by atoms with Crippen LogP contribution < -0.4 is 10.6 Å². The summed E-state index contributed by atoms with van der Waals surface area (Å²) in [6.07, 6.45) is -3.06. The maximum absolute atomic E-state index is 12.8. The molecule has 9 heteroatoms. The summed E-state index contributed by atoms with van der Waals surface area (Å²) in [4.78, 5) is 16.1. The van der Waals surface area contributed by atoms with Crippen molar-refractivity contribution in [3.05, 3.63) is 65.7 Å². The van der Waals surface area contributed by atoms with E-state index in [4.69, 9.17) is 4.52 Å². The zero-order valence-corrected chi connectivity index (χ0v) is 13.5. The SMILES string of the molecule is Cc1cc(NC(=O)c2cc(Nc3cccc(C(F)(F)F)c3)ccn2)no1. The molecule has 0 bridgehead atoms. The summed E-state index contributed by atoms with van der Waals surface area (Å²) in [7, 11) is 0. The summed E-state index contributed by atoms with van der Waals surface area (Å²) in [6, 6.07) is 9.26. The number of anilines is 3. The number of rotatable bonds is 4. The van der Waals surface area contributed by atoms with Gasteiger partial charge in [0, 0.05) is 23.6 Å². The van der Waals surface area contributed by atoms with Crippen molar-refractivity contribution in [3.8, 4) is 0 Å². The molecule has 2 heterocycles. The number of halogens is 3. The molecule has 6 nitrogen and oxygen atoms in total. The van der Waals surface area contributed by atoms with Gasteiger partial charge in [-0.05, 0) is 37.3 Å². The van der Waals surface area contributed by atoms with Gasteiger partial charge in [-0.15, -0.1) is 0 Å². The van der Waals surface area contributed by atoms with Gasteiger partial charge in [0.25, 0.3) is 5.91 Å². The molecule has 0 atom stereocenters. The predicted molar refractivity (Wildman–Crippen MR) is 88.2 cm³/mol. The largest absolute Gasteiger partial charge is 0.416 e. The number of benzene rings is 1. The molecule has 0 fully saturated rings. The van der Waals surface area contributed by atoms with Crippen molar-refractivity contribution in [2.75, 3.05) is 10.6 Å². The van der Waals surface area contributed by atoms with Crippen LogP contribution >= 0.6 is 0 Å². The van der Waals surface area contributed by atoms with Gasteiger partial charge in [-0.1, -0.05) is 11.2 Å². The second kappa shape index (κ2) is 6.87. The molecule has 0 aliphatic heterocycles. The van der Waals surface area contributed by atoms with Crippen LogP contribution in [0.2, 0.25) is 0 Å². The van der Waals surface area contributed by atoms with Crippen LogP contribution in [0.4, 0.5) is 30.4 Å². The van der Waals surface area contributed by atoms with Crippen LogP contribution in [0.15, 0.2) is 53.2 Å². The number of hydrogen-bond donors (Lipinski definition) is 2. The van der Waals surface area contributed by atoms with Gasteiger partial charge in [0.15, 0.2) is 5.82 Å². The summed E-state index contributed by atoms with van der Waals surface area (Å²) < 4.78 is 43.2. The lowest BCUT2D eigenvalue weighted by Crippen LogP contribution is -2.14. The number of carbonyl (C=O) groups is 1. The Balaban J connectivity index is 1.76. The quantitative estimate of drug-likeness (QED) is 0.719. The van der Waals surface area contributed by atoms with E-state index < -0.39 is 17.6 Å². The number of nitrogens with one attached hydrogen (secondary N) is 2. The summed E-state index contributed by atoms with van der Waals surface area (Å²) >= 11 is 0. The molecule has 3 aromatic rings. The standard InChI is InChI=1S/C17H13F3N4O2/c1-10-7-15(24-26-10)23-16(25)14-9-13(5-6-21-14)22-12-4-2-3-11(8-12)17(18,19)20/h2-9H,1H3,(H,21,22)(H,23,24,25). The molecule has 0 saturated carbocycles. The van der Waals surface area contributed by atoms with Gasteiger partial charge in [-0.25, -0.2) is 0 Å². The Morgan fingerprint density at radius 2 is 1.88 bits per heavy atom. The second-order valence-electron chi connectivity index (χ2n) is 5.41. The van der Waals surface area contributed by atoms with Gasteiger partial charge in [0.2, 0.25) is 0 Å². The third-order valence-electron chi connectivity index (χ3n) is 3.34. The summed E-state index contributed by atoms with van der Waals surface area (Å²) in [5.41, 5.74) is -0.0381. The zero-order valence-electron chi connectivity index (χ0n) is 13.5. The number of pyridine rings is 1. The third-order valence-corrected chi connectivity index (χ3v) is 3.34. The number of aromatic nitrogens is 2. The average Bonchev–Trinajstić information content (AvgIpc) is 2.99. The van der Waals surface area contributed by atoms with Crippen molar-refractivity contribution in [3.63, 3.8) is 0 Å². The fraction of sp³-hybridized carbons (Fsp3) is 0.118. The minimum absolute atomic E-state index is 0.0719. The van der Waals surface area contributed by atoms with Crippen LogP contribution in [0.25, 0.3) is 0 Å². The molecule has 134 valence electrons. The van der Waals surface area contributed by atoms with Gasteiger partial charge >= 0.3 is 6.18 Å². The smallest absolute Gasteiger partial charge is 0.360 e. The summed E-state index contributed by atoms with van der Waals surface area (Å²) in [5.74, 6) is 0.254. The van der Waals surface area contributed by atoms with Crippen LogP contribution in [0.3, 0.4) is 0 Å². The van der Waals surface area contributed by atoms with Crippen LogP contribution in [0, 0.1) is 6.92 Å². The molecule has 0 unspecified atom stereocenters. The van der Waals surface area contributed by atoms with Crippen molar-refractivity contribution in [2.45, 2.75) is 13.1 Å². The topological polar surface area (TPSA) is 80.0 Å². The van der Waals surface area contributed by atoms with Crippen molar-refractivity contribution >= 4 is 23.1 Å². The first kappa shape index (κ1) is 17.5. The second-order valence-corrected chi connectivity index (χ2v) is 5.41. The molecular weight excluding hydrogens is 349 g/mol. The normalized spacial score (nSPS) is 11.2. The molecule has 3 rings (SSSR count). The highest BCUT2D eigenvalue weighted by Crippen LogP contribution is 2.31. The lowest BCUT2D eigenvalue weighted by Gasteiger charge is -2.11. The molecule has 0 saturated heterocycles. The minimum atomic E-state index is -4.43. The van der Waals surface area contributed by atoms with Crippen molar-refractivity contribution < 1.29 is 22.5 Å². The number of hydrogen-bond acceptors (Lipinski definition) is 5. The Kier molecular flexibility index (Phi) is 4.61. The van der Waals surface area contributed by atoms with Crippen LogP contribution in [0.1, 0.15) is 21.8 Å². The molecule has 1 aromatic carbocycles. The molecule has 2 aromatic heterocycles. The van der Waals surface area contributed by atoms with Gasteiger partial charge < -0.3 is 15.2 Å². The maximum atomic E-state index is 12.8. The minimum Gasteiger partial charge on any atom is -0.360 e. The number of nitrogens with zero attached hydrogens (tertiary/aromatic N) is 2. The highest BCUT2D eigenvalue weighted by atomic mass is 19.4. The predicted octanol–water partition coefficient (Wildman–Crippen LogP) is 4.39. The van der Waals surface area contributed by atoms with E-state index in [-0.39, 0.29) is 17.2 Å². The van der Waals surface area contributed by atoms with E-state index in [0.717, 1.165) is 12.1 Å². The summed E-state index contributed by atoms with van der Waals surface area (Å²) in [5, 5.41) is 8.99. The van der Waals surface area contributed by atoms with Gasteiger partial charge in [0.1, 0.15) is 11.5 Å². The van der Waals surface area contributed by atoms with E-state index in [1.54, 1.807) is 13.0 Å². The Bertz CT molecular complexity index is 938. The molecule has 0 radical (unpaired) electrons. The first-order valence-corrected chi connectivity index (χ1v) is 7.46. The Hall–Kier alpha value is -3.36. The molecule has 26 heavy (non-hydrogen) atoms. The Morgan fingerprint density at radius 1 is 1.12 bits per heavy atom. The van der Waals surface area contributed by atoms with Gasteiger partial charge in [-0.2, -0.15) is 13.2 Å². The molecule has 0 aliphatic rings. The molecular formula is C17H13F3N4O2. The lowest BCUT2D eigenvalue weighted by atomic mass is 10.2. The number of carbonyl (C=O) groups excluding carboxylic acids is 1. The highest BCUT2D eigenvalue weighted by molar-refractivity contribution is 6.02. The lowest BCUT2D eigenvalue weighted by molar-refractivity contribution is -0.137. The highest BCUT2D eigenvalue weighted by Gasteiger charge is 2.30. The van der Waals surface area contributed by atoms with E-state index in [1.807, 2.05) is 0 Å². The van der Waals surface area contributed by atoms with Crippen molar-refractivity contribution in [2.24, 2.45) is 0 Å². The van der Waals surface area contributed by atoms with Gasteiger partial charge in [0.05, 0.1) is 5.56 Å². The summed E-state index contributed by atoms with van der Waals surface area (Å²) in [6.45, 7) is 1.68. The first-order chi connectivity index (χ1) is 12.3. The maximum Gasteiger partial charge on any atom is 0.416 e. The molecule has 1 amide bonds. The number of alkyl halides is 3. The van der Waals surface area contributed by atoms with E-state index in [0.29, 0.717) is 11.4 Å². The fourth-order valence-corrected chi connectivity index (χ4v) is 2.18. The molecule has 0 spiro atoms. The molecule has 2 N–H and O–H groups in total. The van der Waals surface area contributed by atoms with Gasteiger partial charge in [-0.3, -0.25) is 9.78 Å². The Labute approximate surface area is 146 Å².